The van der Waals surface area contributed by atoms with Gasteiger partial charge in [0.15, 0.2) is 6.61 Å². The van der Waals surface area contributed by atoms with Gasteiger partial charge in [-0.15, -0.1) is 0 Å². The van der Waals surface area contributed by atoms with Crippen molar-refractivity contribution < 1.29 is 19.2 Å². The monoisotopic (exact) mass is 389 g/mol. The van der Waals surface area contributed by atoms with Gasteiger partial charge in [0.2, 0.25) is 0 Å². The Kier molecular flexibility index (Phi) is 6.49. The van der Waals surface area contributed by atoms with Crippen molar-refractivity contribution in [3.63, 3.8) is 0 Å². The summed E-state index contributed by atoms with van der Waals surface area (Å²) in [5.41, 5.74) is 0.513. The Bertz CT molecular complexity index is 745. The Hall–Kier alpha value is -2.64. The first-order valence-electron chi connectivity index (χ1n) is 9.97. The molecule has 0 spiro atoms. The average molecular weight is 389 g/mol. The minimum absolute atomic E-state index is 0.0898. The Morgan fingerprint density at radius 3 is 2.54 bits per heavy atom. The minimum atomic E-state index is -0.716. The van der Waals surface area contributed by atoms with Crippen LogP contribution in [0.25, 0.3) is 0 Å². The van der Waals surface area contributed by atoms with E-state index in [0.717, 1.165) is 51.6 Å². The third-order valence-corrected chi connectivity index (χ3v) is 5.55. The fourth-order valence-electron chi connectivity index (χ4n) is 3.96. The molecule has 1 atom stereocenters. The van der Waals surface area contributed by atoms with E-state index in [9.17, 15) is 19.7 Å². The normalized spacial score (nSPS) is 20.0. The zero-order chi connectivity index (χ0) is 20.1. The molecular weight excluding hydrogens is 362 g/mol. The van der Waals surface area contributed by atoms with Crippen LogP contribution in [0, 0.1) is 10.1 Å². The van der Waals surface area contributed by atoms with Gasteiger partial charge < -0.3 is 14.5 Å². The fraction of sp³-hybridized carbons (Fsp3) is 0.600. The maximum absolute atomic E-state index is 12.3. The molecule has 0 unspecified atom stereocenters. The van der Waals surface area contributed by atoms with Crippen molar-refractivity contribution in [3.8, 4) is 0 Å². The molecule has 0 radical (unpaired) electrons. The lowest BCUT2D eigenvalue weighted by Crippen LogP contribution is -2.44. The predicted molar refractivity (Wildman–Crippen MR) is 104 cm³/mol. The zero-order valence-corrected chi connectivity index (χ0v) is 16.3. The number of carbonyl (C=O) groups excluding carboxylic acids is 2. The summed E-state index contributed by atoms with van der Waals surface area (Å²) in [6, 6.07) is 4.53. The molecule has 0 aromatic heterocycles. The number of carbonyl (C=O) groups is 2. The number of rotatable bonds is 5. The summed E-state index contributed by atoms with van der Waals surface area (Å²) in [4.78, 5) is 39.4. The van der Waals surface area contributed by atoms with Gasteiger partial charge in [-0.3, -0.25) is 14.9 Å². The molecule has 1 aromatic rings. The summed E-state index contributed by atoms with van der Waals surface area (Å²) in [6.07, 6.45) is 6.12. The highest BCUT2D eigenvalue weighted by Gasteiger charge is 2.26. The van der Waals surface area contributed by atoms with Gasteiger partial charge in [0, 0.05) is 31.7 Å². The van der Waals surface area contributed by atoms with Gasteiger partial charge in [0.1, 0.15) is 5.69 Å². The third-order valence-electron chi connectivity index (χ3n) is 5.55. The van der Waals surface area contributed by atoms with E-state index < -0.39 is 10.9 Å². The number of nitrogens with zero attached hydrogens (tertiary/aromatic N) is 3. The Morgan fingerprint density at radius 1 is 1.14 bits per heavy atom. The molecule has 3 rings (SSSR count). The zero-order valence-electron chi connectivity index (χ0n) is 16.3. The summed E-state index contributed by atoms with van der Waals surface area (Å²) in [6.45, 7) is 3.86. The van der Waals surface area contributed by atoms with Crippen molar-refractivity contribution in [2.45, 2.75) is 51.5 Å². The van der Waals surface area contributed by atoms with E-state index in [0.29, 0.717) is 12.2 Å². The summed E-state index contributed by atoms with van der Waals surface area (Å²) < 4.78 is 5.15. The fourth-order valence-corrected chi connectivity index (χ4v) is 3.96. The quantitative estimate of drug-likeness (QED) is 0.436. The number of hydrogen-bond donors (Lipinski definition) is 0. The highest BCUT2D eigenvalue weighted by atomic mass is 16.6. The van der Waals surface area contributed by atoms with Gasteiger partial charge in [-0.2, -0.15) is 0 Å². The molecule has 2 aliphatic rings. The van der Waals surface area contributed by atoms with Crippen LogP contribution in [0.1, 0.15) is 55.8 Å². The molecule has 2 aliphatic heterocycles. The maximum Gasteiger partial charge on any atom is 0.338 e. The smallest absolute Gasteiger partial charge is 0.338 e. The van der Waals surface area contributed by atoms with Crippen LogP contribution in [0.2, 0.25) is 0 Å². The molecule has 8 heteroatoms. The number of hydrogen-bond acceptors (Lipinski definition) is 6. The summed E-state index contributed by atoms with van der Waals surface area (Å²) in [5, 5.41) is 11.5. The van der Waals surface area contributed by atoms with Gasteiger partial charge in [-0.1, -0.05) is 0 Å². The largest absolute Gasteiger partial charge is 0.452 e. The Labute approximate surface area is 164 Å². The first-order chi connectivity index (χ1) is 13.5. The van der Waals surface area contributed by atoms with Crippen LogP contribution in [0.4, 0.5) is 11.4 Å². The predicted octanol–water partition coefficient (Wildman–Crippen LogP) is 3.14. The van der Waals surface area contributed by atoms with Crippen molar-refractivity contribution in [1.82, 2.24) is 4.90 Å². The molecule has 28 heavy (non-hydrogen) atoms. The number of nitro benzene ring substituents is 1. The minimum Gasteiger partial charge on any atom is -0.452 e. The molecule has 0 bridgehead atoms. The van der Waals surface area contributed by atoms with E-state index in [-0.39, 0.29) is 29.8 Å². The highest BCUT2D eigenvalue weighted by molar-refractivity contribution is 5.93. The summed E-state index contributed by atoms with van der Waals surface area (Å²) in [5.74, 6) is -0.939. The van der Waals surface area contributed by atoms with Crippen LogP contribution in [-0.2, 0) is 9.53 Å². The lowest BCUT2D eigenvalue weighted by molar-refractivity contribution is -0.384. The molecule has 1 aromatic carbocycles. The van der Waals surface area contributed by atoms with Crippen molar-refractivity contribution in [1.29, 1.82) is 0 Å². The first kappa shape index (κ1) is 20.1. The van der Waals surface area contributed by atoms with E-state index in [1.165, 1.54) is 12.1 Å². The number of likely N-dealkylation sites (tertiary alicyclic amines) is 1. The molecule has 0 aliphatic carbocycles. The van der Waals surface area contributed by atoms with Crippen molar-refractivity contribution in [3.05, 3.63) is 33.9 Å². The number of nitro groups is 1. The SMILES string of the molecule is C[C@H]1CCCCN1C(=O)COC(=O)c1ccc(N2CCCCC2)c([N+](=O)[O-])c1. The molecule has 1 amide bonds. The van der Waals surface area contributed by atoms with E-state index in [4.69, 9.17) is 4.74 Å². The second-order valence-corrected chi connectivity index (χ2v) is 7.52. The lowest BCUT2D eigenvalue weighted by atomic mass is 10.0. The standard InChI is InChI=1S/C20H27N3O5/c1-15-7-3-6-12-22(15)19(24)14-28-20(25)16-8-9-17(18(13-16)23(26)27)21-10-4-2-5-11-21/h8-9,13,15H,2-7,10-12,14H2,1H3/t15-/m0/s1. The molecule has 152 valence electrons. The summed E-state index contributed by atoms with van der Waals surface area (Å²) >= 11 is 0. The molecule has 8 nitrogen and oxygen atoms in total. The number of piperidine rings is 2. The number of benzene rings is 1. The van der Waals surface area contributed by atoms with Gasteiger partial charge in [-0.25, -0.2) is 4.79 Å². The molecule has 2 fully saturated rings. The van der Waals surface area contributed by atoms with Crippen LogP contribution in [-0.4, -0.2) is 54.0 Å². The van der Waals surface area contributed by atoms with Gasteiger partial charge in [0.25, 0.3) is 11.6 Å². The van der Waals surface area contributed by atoms with E-state index in [2.05, 4.69) is 0 Å². The topological polar surface area (TPSA) is 93.0 Å². The van der Waals surface area contributed by atoms with Crippen LogP contribution in [0.3, 0.4) is 0 Å². The van der Waals surface area contributed by atoms with Crippen LogP contribution < -0.4 is 4.90 Å². The molecule has 2 heterocycles. The highest BCUT2D eigenvalue weighted by Crippen LogP contribution is 2.31. The van der Waals surface area contributed by atoms with E-state index in [1.807, 2.05) is 11.8 Å². The second kappa shape index (κ2) is 9.03. The van der Waals surface area contributed by atoms with Gasteiger partial charge in [0.05, 0.1) is 10.5 Å². The maximum atomic E-state index is 12.3. The molecule has 2 saturated heterocycles. The van der Waals surface area contributed by atoms with Crippen molar-refractivity contribution in [2.75, 3.05) is 31.1 Å². The van der Waals surface area contributed by atoms with Gasteiger partial charge in [-0.05, 0) is 57.6 Å². The van der Waals surface area contributed by atoms with Gasteiger partial charge >= 0.3 is 5.97 Å². The Morgan fingerprint density at radius 2 is 1.86 bits per heavy atom. The second-order valence-electron chi connectivity index (χ2n) is 7.52. The number of esters is 1. The molecule has 0 saturated carbocycles. The third kappa shape index (κ3) is 4.61. The van der Waals surface area contributed by atoms with Crippen LogP contribution in [0.15, 0.2) is 18.2 Å². The van der Waals surface area contributed by atoms with E-state index >= 15 is 0 Å². The van der Waals surface area contributed by atoms with Crippen LogP contribution >= 0.6 is 0 Å². The average Bonchev–Trinajstić information content (AvgIpc) is 2.72. The Balaban J connectivity index is 1.67. The van der Waals surface area contributed by atoms with Crippen molar-refractivity contribution >= 4 is 23.3 Å². The number of amides is 1. The van der Waals surface area contributed by atoms with E-state index in [1.54, 1.807) is 11.0 Å². The number of ether oxygens (including phenoxy) is 1. The number of anilines is 1. The lowest BCUT2D eigenvalue weighted by Gasteiger charge is -2.33. The summed E-state index contributed by atoms with van der Waals surface area (Å²) in [7, 11) is 0. The molecule has 0 N–H and O–H groups in total. The van der Waals surface area contributed by atoms with Crippen LogP contribution in [0.5, 0.6) is 0 Å². The molecular formula is C20H27N3O5. The van der Waals surface area contributed by atoms with Crippen molar-refractivity contribution in [2.24, 2.45) is 0 Å². The first-order valence-corrected chi connectivity index (χ1v) is 9.97.